The van der Waals surface area contributed by atoms with Gasteiger partial charge in [0.25, 0.3) is 0 Å². The molecule has 0 aromatic heterocycles. The molecule has 114 valence electrons. The molecule has 3 unspecified atom stereocenters. The molecular weight excluding hydrogens is 272 g/mol. The second-order valence-corrected chi connectivity index (χ2v) is 7.22. The molecule has 5 heteroatoms. The summed E-state index contributed by atoms with van der Waals surface area (Å²) in [5, 5.41) is 4.24. The van der Waals surface area contributed by atoms with E-state index in [0.29, 0.717) is 12.0 Å². The number of ether oxygens (including phenoxy) is 1. The molecule has 1 aliphatic carbocycles. The second-order valence-electron chi connectivity index (χ2n) is 6.21. The van der Waals surface area contributed by atoms with Gasteiger partial charge < -0.3 is 10.1 Å². The molecule has 0 saturated heterocycles. The van der Waals surface area contributed by atoms with Gasteiger partial charge in [0.15, 0.2) is 5.17 Å². The van der Waals surface area contributed by atoms with Crippen molar-refractivity contribution in [1.82, 2.24) is 5.32 Å². The van der Waals surface area contributed by atoms with E-state index in [2.05, 4.69) is 19.2 Å². The minimum Gasteiger partial charge on any atom is -0.467 e. The van der Waals surface area contributed by atoms with Gasteiger partial charge in [-0.2, -0.15) is 0 Å². The summed E-state index contributed by atoms with van der Waals surface area (Å²) in [6.07, 6.45) is 5.91. The van der Waals surface area contributed by atoms with Crippen molar-refractivity contribution in [3.8, 4) is 0 Å². The summed E-state index contributed by atoms with van der Waals surface area (Å²) in [4.78, 5) is 16.7. The quantitative estimate of drug-likeness (QED) is 0.811. The number of nitrogens with one attached hydrogen (secondary N) is 1. The maximum Gasteiger partial charge on any atom is 0.328 e. The Kier molecular flexibility index (Phi) is 5.75. The van der Waals surface area contributed by atoms with Crippen LogP contribution in [0.15, 0.2) is 4.99 Å². The Balaban J connectivity index is 1.99. The van der Waals surface area contributed by atoms with Crippen LogP contribution >= 0.6 is 11.8 Å². The second kappa shape index (κ2) is 7.34. The van der Waals surface area contributed by atoms with Crippen LogP contribution in [0.3, 0.4) is 0 Å². The fourth-order valence-corrected chi connectivity index (χ4v) is 4.18. The lowest BCUT2D eigenvalue weighted by Crippen LogP contribution is -2.44. The Bertz CT molecular complexity index is 371. The van der Waals surface area contributed by atoms with E-state index in [4.69, 9.17) is 9.73 Å². The maximum absolute atomic E-state index is 11.9. The van der Waals surface area contributed by atoms with E-state index in [-0.39, 0.29) is 12.0 Å². The van der Waals surface area contributed by atoms with Crippen molar-refractivity contribution in [1.29, 1.82) is 0 Å². The minimum atomic E-state index is -0.272. The summed E-state index contributed by atoms with van der Waals surface area (Å²) in [6, 6.07) is 0.191. The number of thioether (sulfide) groups is 1. The summed E-state index contributed by atoms with van der Waals surface area (Å²) >= 11 is 1.76. The smallest absolute Gasteiger partial charge is 0.328 e. The number of aliphatic imine (C=N–C) groups is 1. The zero-order valence-corrected chi connectivity index (χ0v) is 13.5. The highest BCUT2D eigenvalue weighted by Gasteiger charge is 2.31. The topological polar surface area (TPSA) is 50.7 Å². The van der Waals surface area contributed by atoms with Crippen molar-refractivity contribution in [2.24, 2.45) is 16.8 Å². The molecule has 0 radical (unpaired) electrons. The highest BCUT2D eigenvalue weighted by atomic mass is 32.2. The first-order valence-corrected chi connectivity index (χ1v) is 8.63. The third-order valence-corrected chi connectivity index (χ3v) is 5.17. The number of carbonyl (C=O) groups is 1. The normalized spacial score (nSPS) is 27.5. The van der Waals surface area contributed by atoms with Gasteiger partial charge in [0.1, 0.15) is 6.04 Å². The van der Waals surface area contributed by atoms with Crippen LogP contribution in [0.25, 0.3) is 0 Å². The van der Waals surface area contributed by atoms with Crippen molar-refractivity contribution >= 4 is 22.9 Å². The molecule has 0 amide bonds. The molecule has 2 rings (SSSR count). The maximum atomic E-state index is 11.9. The number of esters is 1. The van der Waals surface area contributed by atoms with Crippen molar-refractivity contribution in [2.75, 3.05) is 12.9 Å². The van der Waals surface area contributed by atoms with Crippen LogP contribution in [0.2, 0.25) is 0 Å². The Morgan fingerprint density at radius 3 is 2.90 bits per heavy atom. The van der Waals surface area contributed by atoms with E-state index < -0.39 is 0 Å². The van der Waals surface area contributed by atoms with Gasteiger partial charge in [-0.15, -0.1) is 0 Å². The van der Waals surface area contributed by atoms with Crippen LogP contribution in [0.5, 0.6) is 0 Å². The first-order valence-electron chi connectivity index (χ1n) is 7.65. The van der Waals surface area contributed by atoms with E-state index in [1.807, 2.05) is 0 Å². The first-order chi connectivity index (χ1) is 9.60. The van der Waals surface area contributed by atoms with Gasteiger partial charge in [0.2, 0.25) is 0 Å². The van der Waals surface area contributed by atoms with Crippen LogP contribution < -0.4 is 5.32 Å². The average molecular weight is 298 g/mol. The van der Waals surface area contributed by atoms with Crippen molar-refractivity contribution in [3.63, 3.8) is 0 Å². The number of hydrogen-bond donors (Lipinski definition) is 1. The molecule has 0 spiro atoms. The number of hydrogen-bond acceptors (Lipinski definition) is 5. The molecule has 1 saturated carbocycles. The molecule has 3 atom stereocenters. The van der Waals surface area contributed by atoms with Gasteiger partial charge in [0, 0.05) is 5.75 Å². The summed E-state index contributed by atoms with van der Waals surface area (Å²) in [6.45, 7) is 4.23. The number of carbonyl (C=O) groups excluding carboxylic acids is 1. The molecule has 0 aromatic rings. The summed E-state index contributed by atoms with van der Waals surface area (Å²) in [7, 11) is 1.45. The van der Waals surface area contributed by atoms with E-state index in [1.165, 1.54) is 32.8 Å². The van der Waals surface area contributed by atoms with Crippen molar-refractivity contribution in [3.05, 3.63) is 0 Å². The highest BCUT2D eigenvalue weighted by molar-refractivity contribution is 8.13. The van der Waals surface area contributed by atoms with Gasteiger partial charge in [-0.05, 0) is 31.1 Å². The standard InChI is InChI=1S/C15H26N2O2S/c1-10(2)8-13(14(18)19-3)17-15-16-12-7-5-4-6-11(12)9-20-15/h10-13H,4-9H2,1-3H3,(H,16,17). The lowest BCUT2D eigenvalue weighted by molar-refractivity contribution is -0.143. The Labute approximate surface area is 126 Å². The fraction of sp³-hybridized carbons (Fsp3) is 0.867. The minimum absolute atomic E-state index is 0.187. The fourth-order valence-electron chi connectivity index (χ4n) is 2.98. The van der Waals surface area contributed by atoms with Gasteiger partial charge >= 0.3 is 5.97 Å². The third-order valence-electron chi connectivity index (χ3n) is 4.08. The zero-order chi connectivity index (χ0) is 14.5. The van der Waals surface area contributed by atoms with Crippen LogP contribution in [0.1, 0.15) is 46.0 Å². The Morgan fingerprint density at radius 1 is 1.45 bits per heavy atom. The molecule has 0 bridgehead atoms. The summed E-state index contributed by atoms with van der Waals surface area (Å²) < 4.78 is 4.90. The molecule has 0 aromatic carbocycles. The van der Waals surface area contributed by atoms with Crippen LogP contribution in [0, 0.1) is 11.8 Å². The molecule has 1 N–H and O–H groups in total. The molecule has 1 heterocycles. The lowest BCUT2D eigenvalue weighted by atomic mass is 9.86. The predicted octanol–water partition coefficient (Wildman–Crippen LogP) is 2.83. The number of amidine groups is 1. The summed E-state index contributed by atoms with van der Waals surface area (Å²) in [5.41, 5.74) is 0. The van der Waals surface area contributed by atoms with Gasteiger partial charge in [-0.25, -0.2) is 4.79 Å². The Morgan fingerprint density at radius 2 is 2.20 bits per heavy atom. The Hall–Kier alpha value is -0.710. The monoisotopic (exact) mass is 298 g/mol. The largest absolute Gasteiger partial charge is 0.467 e. The van der Waals surface area contributed by atoms with E-state index in [9.17, 15) is 4.79 Å². The summed E-state index contributed by atoms with van der Waals surface area (Å²) in [5.74, 6) is 2.13. The molecule has 2 aliphatic rings. The number of fused-ring (bicyclic) bond motifs is 1. The van der Waals surface area contributed by atoms with Crippen LogP contribution in [-0.2, 0) is 9.53 Å². The van der Waals surface area contributed by atoms with Crippen molar-refractivity contribution < 1.29 is 9.53 Å². The van der Waals surface area contributed by atoms with Crippen LogP contribution in [-0.4, -0.2) is 36.1 Å². The van der Waals surface area contributed by atoms with Gasteiger partial charge in [0.05, 0.1) is 13.2 Å². The SMILES string of the molecule is COC(=O)C(CC(C)C)NC1=NC2CCCCC2CS1. The van der Waals surface area contributed by atoms with Gasteiger partial charge in [-0.1, -0.05) is 38.5 Å². The zero-order valence-electron chi connectivity index (χ0n) is 12.7. The molecule has 1 aliphatic heterocycles. The molecule has 20 heavy (non-hydrogen) atoms. The lowest BCUT2D eigenvalue weighted by Gasteiger charge is -2.33. The van der Waals surface area contributed by atoms with Crippen LogP contribution in [0.4, 0.5) is 0 Å². The molecular formula is C15H26N2O2S. The molecule has 1 fully saturated rings. The van der Waals surface area contributed by atoms with Gasteiger partial charge in [-0.3, -0.25) is 4.99 Å². The average Bonchev–Trinajstić information content (AvgIpc) is 2.45. The van der Waals surface area contributed by atoms with E-state index >= 15 is 0 Å². The van der Waals surface area contributed by atoms with Crippen molar-refractivity contribution in [2.45, 2.75) is 58.0 Å². The molecule has 4 nitrogen and oxygen atoms in total. The van der Waals surface area contributed by atoms with E-state index in [0.717, 1.165) is 23.3 Å². The predicted molar refractivity (Wildman–Crippen MR) is 84.0 cm³/mol. The number of rotatable bonds is 4. The first kappa shape index (κ1) is 15.7. The third kappa shape index (κ3) is 4.14. The highest BCUT2D eigenvalue weighted by Crippen LogP contribution is 2.33. The van der Waals surface area contributed by atoms with E-state index in [1.54, 1.807) is 11.8 Å². The number of nitrogens with zero attached hydrogens (tertiary/aromatic N) is 1. The number of methoxy groups -OCH3 is 1.